The van der Waals surface area contributed by atoms with Crippen molar-refractivity contribution in [1.82, 2.24) is 4.90 Å². The summed E-state index contributed by atoms with van der Waals surface area (Å²) in [6.45, 7) is 10.4. The van der Waals surface area contributed by atoms with E-state index in [4.69, 9.17) is 6.42 Å². The van der Waals surface area contributed by atoms with Gasteiger partial charge < -0.3 is 5.11 Å². The molecule has 1 heterocycles. The zero-order valence-electron chi connectivity index (χ0n) is 9.67. The van der Waals surface area contributed by atoms with Gasteiger partial charge in [-0.2, -0.15) is 0 Å². The van der Waals surface area contributed by atoms with Gasteiger partial charge in [0.15, 0.2) is 0 Å². The standard InChI is InChI=1S/C12H21NO/c1-6-12(14)7-8-13(9-10(12)2)11(3,4)5/h1,10,14H,7-9H2,2-5H3/t10-,12+/m1/s1. The zero-order valence-corrected chi connectivity index (χ0v) is 9.67. The molecular formula is C12H21NO. The largest absolute Gasteiger partial charge is 0.377 e. The Bertz CT molecular complexity index is 248. The molecule has 0 aliphatic carbocycles. The van der Waals surface area contributed by atoms with Gasteiger partial charge in [0.2, 0.25) is 0 Å². The normalized spacial score (nSPS) is 35.3. The molecule has 1 aliphatic rings. The Morgan fingerprint density at radius 3 is 2.43 bits per heavy atom. The molecule has 2 atom stereocenters. The quantitative estimate of drug-likeness (QED) is 0.592. The fourth-order valence-corrected chi connectivity index (χ4v) is 1.95. The van der Waals surface area contributed by atoms with E-state index in [1.807, 2.05) is 6.92 Å². The van der Waals surface area contributed by atoms with E-state index in [1.165, 1.54) is 0 Å². The summed E-state index contributed by atoms with van der Waals surface area (Å²) < 4.78 is 0. The third kappa shape index (κ3) is 2.10. The van der Waals surface area contributed by atoms with Crippen LogP contribution < -0.4 is 0 Å². The second-order valence-electron chi connectivity index (χ2n) is 5.34. The highest BCUT2D eigenvalue weighted by atomic mass is 16.3. The van der Waals surface area contributed by atoms with Crippen LogP contribution in [0, 0.1) is 18.3 Å². The molecule has 0 spiro atoms. The molecule has 0 bridgehead atoms. The first-order valence-corrected chi connectivity index (χ1v) is 5.25. The Hall–Kier alpha value is -0.520. The van der Waals surface area contributed by atoms with Gasteiger partial charge in [-0.05, 0) is 20.8 Å². The Morgan fingerprint density at radius 2 is 2.07 bits per heavy atom. The minimum Gasteiger partial charge on any atom is -0.377 e. The van der Waals surface area contributed by atoms with Gasteiger partial charge in [0.1, 0.15) is 5.60 Å². The monoisotopic (exact) mass is 195 g/mol. The van der Waals surface area contributed by atoms with E-state index in [1.54, 1.807) is 0 Å². The summed E-state index contributed by atoms with van der Waals surface area (Å²) in [6, 6.07) is 0. The van der Waals surface area contributed by atoms with E-state index in [0.29, 0.717) is 6.42 Å². The van der Waals surface area contributed by atoms with E-state index in [-0.39, 0.29) is 11.5 Å². The third-order valence-corrected chi connectivity index (χ3v) is 3.27. The Kier molecular flexibility index (Phi) is 2.94. The number of aliphatic hydroxyl groups is 1. The minimum absolute atomic E-state index is 0.153. The molecule has 0 radical (unpaired) electrons. The minimum atomic E-state index is -0.887. The van der Waals surface area contributed by atoms with Crippen molar-refractivity contribution in [2.75, 3.05) is 13.1 Å². The SMILES string of the molecule is C#C[C@]1(O)CCN(C(C)(C)C)C[C@H]1C. The van der Waals surface area contributed by atoms with Gasteiger partial charge in [-0.3, -0.25) is 4.90 Å². The van der Waals surface area contributed by atoms with Crippen LogP contribution in [0.2, 0.25) is 0 Å². The lowest BCUT2D eigenvalue weighted by atomic mass is 9.81. The number of rotatable bonds is 0. The number of hydrogen-bond donors (Lipinski definition) is 1. The van der Waals surface area contributed by atoms with E-state index in [0.717, 1.165) is 13.1 Å². The first-order valence-electron chi connectivity index (χ1n) is 5.25. The molecule has 1 saturated heterocycles. The van der Waals surface area contributed by atoms with Crippen LogP contribution in [0.25, 0.3) is 0 Å². The van der Waals surface area contributed by atoms with Crippen LogP contribution in [-0.2, 0) is 0 Å². The topological polar surface area (TPSA) is 23.5 Å². The molecule has 0 aromatic heterocycles. The predicted molar refractivity (Wildman–Crippen MR) is 58.9 cm³/mol. The number of nitrogens with zero attached hydrogens (tertiary/aromatic N) is 1. The van der Waals surface area contributed by atoms with Crippen molar-refractivity contribution in [2.24, 2.45) is 5.92 Å². The zero-order chi connectivity index (χ0) is 11.0. The van der Waals surface area contributed by atoms with E-state index >= 15 is 0 Å². The van der Waals surface area contributed by atoms with Gasteiger partial charge in [0.25, 0.3) is 0 Å². The van der Waals surface area contributed by atoms with Crippen molar-refractivity contribution in [1.29, 1.82) is 0 Å². The molecule has 0 amide bonds. The highest BCUT2D eigenvalue weighted by molar-refractivity contribution is 5.12. The first-order chi connectivity index (χ1) is 6.29. The van der Waals surface area contributed by atoms with Crippen LogP contribution in [0.5, 0.6) is 0 Å². The summed E-state index contributed by atoms with van der Waals surface area (Å²) in [4.78, 5) is 2.38. The second-order valence-corrected chi connectivity index (χ2v) is 5.34. The fraction of sp³-hybridized carbons (Fsp3) is 0.833. The summed E-state index contributed by atoms with van der Waals surface area (Å²) in [7, 11) is 0. The lowest BCUT2D eigenvalue weighted by Gasteiger charge is -2.46. The van der Waals surface area contributed by atoms with Crippen molar-refractivity contribution in [3.8, 4) is 12.3 Å². The van der Waals surface area contributed by atoms with Gasteiger partial charge >= 0.3 is 0 Å². The number of likely N-dealkylation sites (tertiary alicyclic amines) is 1. The maximum atomic E-state index is 10.1. The third-order valence-electron chi connectivity index (χ3n) is 3.27. The van der Waals surface area contributed by atoms with Crippen molar-refractivity contribution in [3.63, 3.8) is 0 Å². The van der Waals surface area contributed by atoms with Crippen molar-refractivity contribution < 1.29 is 5.11 Å². The van der Waals surface area contributed by atoms with E-state index in [2.05, 4.69) is 31.6 Å². The summed E-state index contributed by atoms with van der Waals surface area (Å²) >= 11 is 0. The van der Waals surface area contributed by atoms with Gasteiger partial charge in [-0.25, -0.2) is 0 Å². The smallest absolute Gasteiger partial charge is 0.130 e. The van der Waals surface area contributed by atoms with Gasteiger partial charge in [0, 0.05) is 31.0 Å². The fourth-order valence-electron chi connectivity index (χ4n) is 1.95. The second kappa shape index (κ2) is 3.56. The Labute approximate surface area is 87.3 Å². The molecule has 1 fully saturated rings. The molecule has 1 N–H and O–H groups in total. The molecule has 80 valence electrons. The molecule has 1 aliphatic heterocycles. The van der Waals surface area contributed by atoms with E-state index < -0.39 is 5.60 Å². The van der Waals surface area contributed by atoms with Crippen LogP contribution in [0.1, 0.15) is 34.1 Å². The molecule has 2 heteroatoms. The first kappa shape index (κ1) is 11.6. The Balaban J connectivity index is 2.70. The molecule has 0 saturated carbocycles. The van der Waals surface area contributed by atoms with Crippen LogP contribution in [0.3, 0.4) is 0 Å². The van der Waals surface area contributed by atoms with Crippen LogP contribution in [0.15, 0.2) is 0 Å². The summed E-state index contributed by atoms with van der Waals surface area (Å²) in [6.07, 6.45) is 6.05. The molecule has 1 rings (SSSR count). The highest BCUT2D eigenvalue weighted by Crippen LogP contribution is 2.30. The lowest BCUT2D eigenvalue weighted by Crippen LogP contribution is -2.55. The van der Waals surface area contributed by atoms with Crippen LogP contribution in [0.4, 0.5) is 0 Å². The molecule has 0 aromatic carbocycles. The average molecular weight is 195 g/mol. The summed E-state index contributed by atoms with van der Waals surface area (Å²) in [5.74, 6) is 2.68. The average Bonchev–Trinajstić information content (AvgIpc) is 2.08. The van der Waals surface area contributed by atoms with Crippen molar-refractivity contribution in [3.05, 3.63) is 0 Å². The predicted octanol–water partition coefficient (Wildman–Crippen LogP) is 1.49. The van der Waals surface area contributed by atoms with Crippen molar-refractivity contribution in [2.45, 2.75) is 45.3 Å². The molecule has 0 unspecified atom stereocenters. The van der Waals surface area contributed by atoms with Crippen molar-refractivity contribution >= 4 is 0 Å². The summed E-state index contributed by atoms with van der Waals surface area (Å²) in [5, 5.41) is 10.1. The number of terminal acetylenes is 1. The van der Waals surface area contributed by atoms with Crippen LogP contribution in [-0.4, -0.2) is 34.2 Å². The Morgan fingerprint density at radius 1 is 1.50 bits per heavy atom. The summed E-state index contributed by atoms with van der Waals surface area (Å²) in [5.41, 5.74) is -0.716. The molecular weight excluding hydrogens is 174 g/mol. The number of hydrogen-bond acceptors (Lipinski definition) is 2. The maximum absolute atomic E-state index is 10.1. The molecule has 0 aromatic rings. The molecule has 2 nitrogen and oxygen atoms in total. The van der Waals surface area contributed by atoms with Crippen LogP contribution >= 0.6 is 0 Å². The maximum Gasteiger partial charge on any atom is 0.130 e. The van der Waals surface area contributed by atoms with Gasteiger partial charge in [-0.15, -0.1) is 6.42 Å². The van der Waals surface area contributed by atoms with E-state index in [9.17, 15) is 5.11 Å². The van der Waals surface area contributed by atoms with Gasteiger partial charge in [0.05, 0.1) is 0 Å². The highest BCUT2D eigenvalue weighted by Gasteiger charge is 2.39. The lowest BCUT2D eigenvalue weighted by molar-refractivity contribution is -0.0441. The molecule has 14 heavy (non-hydrogen) atoms. The number of piperidine rings is 1. The van der Waals surface area contributed by atoms with Gasteiger partial charge in [-0.1, -0.05) is 12.8 Å².